The number of benzene rings is 3. The topological polar surface area (TPSA) is 124 Å². The molecule has 0 aliphatic carbocycles. The predicted octanol–water partition coefficient (Wildman–Crippen LogP) is 4.12. The zero-order valence-electron chi connectivity index (χ0n) is 24.9. The first-order valence-electron chi connectivity index (χ1n) is 13.3. The molecule has 0 aromatic heterocycles. The molecule has 0 aliphatic heterocycles. The summed E-state index contributed by atoms with van der Waals surface area (Å²) in [7, 11) is 2.66. The van der Waals surface area contributed by atoms with Crippen LogP contribution in [0, 0.1) is 0 Å². The number of amides is 2. The quantitative estimate of drug-likeness (QED) is 0.281. The molecule has 0 radical (unpaired) electrons. The second-order valence-electron chi connectivity index (χ2n) is 9.22. The third kappa shape index (κ3) is 7.44. The van der Waals surface area contributed by atoms with Crippen LogP contribution < -0.4 is 28.6 Å². The van der Waals surface area contributed by atoms with Crippen LogP contribution in [0.5, 0.6) is 23.0 Å². The van der Waals surface area contributed by atoms with Gasteiger partial charge >= 0.3 is 0 Å². The van der Waals surface area contributed by atoms with Gasteiger partial charge in [-0.1, -0.05) is 36.7 Å². The lowest BCUT2D eigenvalue weighted by atomic mass is 10.1. The van der Waals surface area contributed by atoms with Crippen molar-refractivity contribution in [2.24, 2.45) is 0 Å². The summed E-state index contributed by atoms with van der Waals surface area (Å²) >= 11 is 6.42. The Morgan fingerprint density at radius 3 is 2.12 bits per heavy atom. The van der Waals surface area contributed by atoms with Gasteiger partial charge < -0.3 is 29.2 Å². The van der Waals surface area contributed by atoms with E-state index in [1.165, 1.54) is 70.7 Å². The highest BCUT2D eigenvalue weighted by atomic mass is 35.5. The van der Waals surface area contributed by atoms with Gasteiger partial charge in [-0.05, 0) is 42.3 Å². The number of hydrogen-bond donors (Lipinski definition) is 1. The summed E-state index contributed by atoms with van der Waals surface area (Å²) in [4.78, 5) is 28.3. The lowest BCUT2D eigenvalue weighted by Crippen LogP contribution is -2.51. The molecule has 0 heterocycles. The van der Waals surface area contributed by atoms with Crippen LogP contribution in [0.15, 0.2) is 65.6 Å². The zero-order chi connectivity index (χ0) is 31.7. The van der Waals surface area contributed by atoms with Gasteiger partial charge in [0.25, 0.3) is 10.0 Å². The van der Waals surface area contributed by atoms with Crippen LogP contribution in [0.25, 0.3) is 0 Å². The second-order valence-corrected chi connectivity index (χ2v) is 11.5. The van der Waals surface area contributed by atoms with E-state index in [1.54, 1.807) is 37.3 Å². The number of nitrogens with one attached hydrogen (secondary N) is 1. The maximum absolute atomic E-state index is 14.3. The first kappa shape index (κ1) is 33.3. The van der Waals surface area contributed by atoms with E-state index in [4.69, 9.17) is 30.5 Å². The highest BCUT2D eigenvalue weighted by Crippen LogP contribution is 2.38. The standard InChI is InChI=1S/C30H36ClN3O8S/c1-7-24(30(36)32-2)33(18-20-10-8-9-11-23(20)31)29(35)19-34(25-16-21(39-3)12-14-26(25)40-4)43(37,38)22-13-15-27(41-5)28(17-22)42-6/h8-17,24H,7,18-19H2,1-6H3,(H,32,36)/t24-/m1/s1. The lowest BCUT2D eigenvalue weighted by molar-refractivity contribution is -0.140. The fourth-order valence-electron chi connectivity index (χ4n) is 4.51. The van der Waals surface area contributed by atoms with Gasteiger partial charge in [-0.2, -0.15) is 0 Å². The second kappa shape index (κ2) is 14.8. The van der Waals surface area contributed by atoms with E-state index >= 15 is 0 Å². The number of nitrogens with zero attached hydrogens (tertiary/aromatic N) is 2. The van der Waals surface area contributed by atoms with Crippen molar-refractivity contribution < 1.29 is 37.0 Å². The summed E-state index contributed by atoms with van der Waals surface area (Å²) in [5, 5.41) is 2.99. The van der Waals surface area contributed by atoms with Crippen LogP contribution in [0.4, 0.5) is 5.69 Å². The summed E-state index contributed by atoms with van der Waals surface area (Å²) in [5.41, 5.74) is 0.642. The molecule has 0 unspecified atom stereocenters. The number of likely N-dealkylation sites (N-methyl/N-ethyl adjacent to an activating group) is 1. The Kier molecular flexibility index (Phi) is 11.5. The molecule has 2 amide bonds. The van der Waals surface area contributed by atoms with Gasteiger partial charge in [0.2, 0.25) is 11.8 Å². The zero-order valence-corrected chi connectivity index (χ0v) is 26.5. The minimum Gasteiger partial charge on any atom is -0.497 e. The van der Waals surface area contributed by atoms with Gasteiger partial charge in [-0.3, -0.25) is 13.9 Å². The average Bonchev–Trinajstić information content (AvgIpc) is 3.03. The molecule has 0 saturated carbocycles. The van der Waals surface area contributed by atoms with Gasteiger partial charge in [0.15, 0.2) is 11.5 Å². The number of carbonyl (C=O) groups is 2. The first-order valence-corrected chi connectivity index (χ1v) is 15.1. The van der Waals surface area contributed by atoms with E-state index in [0.717, 1.165) is 4.31 Å². The van der Waals surface area contributed by atoms with Crippen molar-refractivity contribution in [2.45, 2.75) is 30.8 Å². The van der Waals surface area contributed by atoms with E-state index in [-0.39, 0.29) is 35.0 Å². The molecule has 11 nitrogen and oxygen atoms in total. The molecule has 0 saturated heterocycles. The van der Waals surface area contributed by atoms with Crippen LogP contribution in [0.2, 0.25) is 5.02 Å². The molecule has 1 atom stereocenters. The summed E-state index contributed by atoms with van der Waals surface area (Å²) < 4.78 is 51.1. The monoisotopic (exact) mass is 633 g/mol. The number of sulfonamides is 1. The highest BCUT2D eigenvalue weighted by molar-refractivity contribution is 7.92. The Morgan fingerprint density at radius 2 is 1.53 bits per heavy atom. The van der Waals surface area contributed by atoms with Gasteiger partial charge in [0.05, 0.1) is 39.0 Å². The molecule has 1 N–H and O–H groups in total. The summed E-state index contributed by atoms with van der Waals surface area (Å²) in [6.07, 6.45) is 0.265. The molecular formula is C30H36ClN3O8S. The first-order chi connectivity index (χ1) is 20.6. The van der Waals surface area contributed by atoms with Crippen molar-refractivity contribution in [3.8, 4) is 23.0 Å². The number of halogens is 1. The minimum absolute atomic E-state index is 0.0378. The lowest BCUT2D eigenvalue weighted by Gasteiger charge is -2.33. The number of methoxy groups -OCH3 is 4. The summed E-state index contributed by atoms with van der Waals surface area (Å²) in [5.74, 6) is -0.0432. The molecule has 232 valence electrons. The Balaban J connectivity index is 2.21. The Labute approximate surface area is 257 Å². The number of ether oxygens (including phenoxy) is 4. The molecule has 0 aliphatic rings. The maximum Gasteiger partial charge on any atom is 0.265 e. The van der Waals surface area contributed by atoms with Gasteiger partial charge in [0.1, 0.15) is 24.1 Å². The average molecular weight is 634 g/mol. The SMILES string of the molecule is CC[C@H](C(=O)NC)N(Cc1ccccc1Cl)C(=O)CN(c1cc(OC)ccc1OC)S(=O)(=O)c1ccc(OC)c(OC)c1. The fourth-order valence-corrected chi connectivity index (χ4v) is 6.13. The number of carbonyl (C=O) groups excluding carboxylic acids is 2. The van der Waals surface area contributed by atoms with Crippen LogP contribution in [-0.4, -0.2) is 73.2 Å². The van der Waals surface area contributed by atoms with E-state index in [9.17, 15) is 18.0 Å². The van der Waals surface area contributed by atoms with Crippen molar-refractivity contribution in [3.05, 3.63) is 71.2 Å². The van der Waals surface area contributed by atoms with Crippen LogP contribution in [0.3, 0.4) is 0 Å². The number of rotatable bonds is 14. The molecule has 3 aromatic carbocycles. The third-order valence-electron chi connectivity index (χ3n) is 6.81. The van der Waals surface area contributed by atoms with Gasteiger partial charge in [-0.15, -0.1) is 0 Å². The Bertz CT molecular complexity index is 1550. The van der Waals surface area contributed by atoms with Crippen LogP contribution >= 0.6 is 11.6 Å². The molecule has 0 bridgehead atoms. The van der Waals surface area contributed by atoms with Gasteiger partial charge in [0, 0.05) is 30.7 Å². The van der Waals surface area contributed by atoms with Crippen molar-refractivity contribution >= 4 is 39.1 Å². The molecule has 0 fully saturated rings. The molecular weight excluding hydrogens is 598 g/mol. The Morgan fingerprint density at radius 1 is 0.884 bits per heavy atom. The Hall–Kier alpha value is -4.16. The fraction of sp³-hybridized carbons (Fsp3) is 0.333. The van der Waals surface area contributed by atoms with E-state index in [0.29, 0.717) is 22.1 Å². The molecule has 0 spiro atoms. The van der Waals surface area contributed by atoms with E-state index in [1.807, 2.05) is 0 Å². The van der Waals surface area contributed by atoms with Crippen molar-refractivity contribution in [1.82, 2.24) is 10.2 Å². The largest absolute Gasteiger partial charge is 0.497 e. The van der Waals surface area contributed by atoms with Crippen molar-refractivity contribution in [1.29, 1.82) is 0 Å². The number of anilines is 1. The third-order valence-corrected chi connectivity index (χ3v) is 8.93. The highest BCUT2D eigenvalue weighted by Gasteiger charge is 2.35. The summed E-state index contributed by atoms with van der Waals surface area (Å²) in [6.45, 7) is 1.04. The van der Waals surface area contributed by atoms with Gasteiger partial charge in [-0.25, -0.2) is 8.42 Å². The van der Waals surface area contributed by atoms with Crippen molar-refractivity contribution in [2.75, 3.05) is 46.3 Å². The smallest absolute Gasteiger partial charge is 0.265 e. The molecule has 13 heteroatoms. The minimum atomic E-state index is -4.45. The maximum atomic E-state index is 14.3. The molecule has 43 heavy (non-hydrogen) atoms. The normalized spacial score (nSPS) is 11.7. The van der Waals surface area contributed by atoms with E-state index < -0.39 is 34.4 Å². The van der Waals surface area contributed by atoms with Crippen molar-refractivity contribution in [3.63, 3.8) is 0 Å². The molecule has 3 aromatic rings. The van der Waals surface area contributed by atoms with Crippen LogP contribution in [0.1, 0.15) is 18.9 Å². The summed E-state index contributed by atoms with van der Waals surface area (Å²) in [6, 6.07) is 14.7. The molecule has 3 rings (SSSR count). The van der Waals surface area contributed by atoms with Crippen LogP contribution in [-0.2, 0) is 26.2 Å². The number of hydrogen-bond acceptors (Lipinski definition) is 8. The predicted molar refractivity (Wildman–Crippen MR) is 164 cm³/mol. The van der Waals surface area contributed by atoms with E-state index in [2.05, 4.69) is 5.32 Å².